The van der Waals surface area contributed by atoms with Gasteiger partial charge in [0.1, 0.15) is 17.3 Å². The van der Waals surface area contributed by atoms with Gasteiger partial charge in [-0.1, -0.05) is 0 Å². The number of aryl methyl sites for hydroxylation is 2. The van der Waals surface area contributed by atoms with Crippen LogP contribution >= 0.6 is 0 Å². The van der Waals surface area contributed by atoms with Gasteiger partial charge in [-0.3, -0.25) is 4.79 Å². The molecule has 0 aliphatic heterocycles. The Balaban J connectivity index is 2.52. The van der Waals surface area contributed by atoms with Crippen LogP contribution in [0.3, 0.4) is 0 Å². The molecule has 0 spiro atoms. The van der Waals surface area contributed by atoms with Crippen molar-refractivity contribution >= 4 is 15.9 Å². The second-order valence-electron chi connectivity index (χ2n) is 5.38. The minimum atomic E-state index is -3.74. The van der Waals surface area contributed by atoms with Crippen LogP contribution in [0.2, 0.25) is 0 Å². The average Bonchev–Trinajstić information content (AvgIpc) is 2.57. The SMILES string of the molecule is COCCOCC(=O)NCCNS(=O)(=O)c1cc(C)c(C)cc1OC. The van der Waals surface area contributed by atoms with E-state index in [4.69, 9.17) is 14.2 Å². The lowest BCUT2D eigenvalue weighted by molar-refractivity contribution is -0.126. The van der Waals surface area contributed by atoms with Gasteiger partial charge in [-0.2, -0.15) is 0 Å². The molecule has 0 heterocycles. The number of hydrogen-bond acceptors (Lipinski definition) is 6. The van der Waals surface area contributed by atoms with E-state index in [1.807, 2.05) is 13.8 Å². The molecule has 0 unspecified atom stereocenters. The third kappa shape index (κ3) is 6.99. The molecule has 0 radical (unpaired) electrons. The van der Waals surface area contributed by atoms with Gasteiger partial charge in [0.25, 0.3) is 0 Å². The fourth-order valence-corrected chi connectivity index (χ4v) is 3.22. The number of carbonyl (C=O) groups excluding carboxylic acids is 1. The Labute approximate surface area is 148 Å². The Bertz CT molecular complexity index is 675. The number of methoxy groups -OCH3 is 2. The summed E-state index contributed by atoms with van der Waals surface area (Å²) < 4.78 is 42.3. The molecule has 1 rings (SSSR count). The number of benzene rings is 1. The highest BCUT2D eigenvalue weighted by Gasteiger charge is 2.20. The quantitative estimate of drug-likeness (QED) is 0.543. The van der Waals surface area contributed by atoms with Gasteiger partial charge in [-0.05, 0) is 37.1 Å². The topological polar surface area (TPSA) is 103 Å². The summed E-state index contributed by atoms with van der Waals surface area (Å²) in [4.78, 5) is 11.6. The first-order chi connectivity index (χ1) is 11.8. The van der Waals surface area contributed by atoms with Gasteiger partial charge in [0, 0.05) is 20.2 Å². The summed E-state index contributed by atoms with van der Waals surface area (Å²) in [6.45, 7) is 4.56. The Morgan fingerprint density at radius 2 is 1.76 bits per heavy atom. The van der Waals surface area contributed by atoms with Crippen LogP contribution in [0.4, 0.5) is 0 Å². The van der Waals surface area contributed by atoms with Crippen molar-refractivity contribution in [3.05, 3.63) is 23.3 Å². The third-order valence-electron chi connectivity index (χ3n) is 3.47. The molecule has 0 saturated carbocycles. The lowest BCUT2D eigenvalue weighted by atomic mass is 10.1. The first kappa shape index (κ1) is 21.4. The minimum Gasteiger partial charge on any atom is -0.495 e. The number of hydrogen-bond donors (Lipinski definition) is 2. The van der Waals surface area contributed by atoms with Crippen molar-refractivity contribution in [1.29, 1.82) is 0 Å². The van der Waals surface area contributed by atoms with Crippen molar-refractivity contribution < 1.29 is 27.4 Å². The maximum absolute atomic E-state index is 12.4. The summed E-state index contributed by atoms with van der Waals surface area (Å²) in [5.41, 5.74) is 1.79. The van der Waals surface area contributed by atoms with Gasteiger partial charge in [0.15, 0.2) is 0 Å². The van der Waals surface area contributed by atoms with Crippen LogP contribution in [0.15, 0.2) is 17.0 Å². The molecule has 1 aromatic rings. The summed E-state index contributed by atoms with van der Waals surface area (Å²) in [5, 5.41) is 2.57. The second kappa shape index (κ2) is 10.3. The molecule has 0 bridgehead atoms. The molecule has 1 aromatic carbocycles. The van der Waals surface area contributed by atoms with Gasteiger partial charge in [-0.25, -0.2) is 13.1 Å². The van der Waals surface area contributed by atoms with E-state index in [9.17, 15) is 13.2 Å². The predicted molar refractivity (Wildman–Crippen MR) is 93.4 cm³/mol. The lowest BCUT2D eigenvalue weighted by Gasteiger charge is -2.13. The maximum Gasteiger partial charge on any atom is 0.246 e. The molecule has 0 fully saturated rings. The number of rotatable bonds is 11. The number of amides is 1. The van der Waals surface area contributed by atoms with Crippen LogP contribution in [0, 0.1) is 13.8 Å². The monoisotopic (exact) mass is 374 g/mol. The first-order valence-electron chi connectivity index (χ1n) is 7.80. The van der Waals surface area contributed by atoms with E-state index >= 15 is 0 Å². The summed E-state index contributed by atoms with van der Waals surface area (Å²) >= 11 is 0. The summed E-state index contributed by atoms with van der Waals surface area (Å²) in [6.07, 6.45) is 0. The van der Waals surface area contributed by atoms with E-state index < -0.39 is 10.0 Å². The van der Waals surface area contributed by atoms with Gasteiger partial charge in [0.05, 0.1) is 20.3 Å². The zero-order chi connectivity index (χ0) is 18.9. The molecule has 8 nitrogen and oxygen atoms in total. The summed E-state index contributed by atoms with van der Waals surface area (Å²) in [7, 11) is -0.773. The van der Waals surface area contributed by atoms with E-state index in [1.165, 1.54) is 7.11 Å². The number of carbonyl (C=O) groups is 1. The number of ether oxygens (including phenoxy) is 3. The molecule has 0 saturated heterocycles. The lowest BCUT2D eigenvalue weighted by Crippen LogP contribution is -2.36. The van der Waals surface area contributed by atoms with Crippen LogP contribution in [0.1, 0.15) is 11.1 Å². The van der Waals surface area contributed by atoms with Crippen LogP contribution < -0.4 is 14.8 Å². The highest BCUT2D eigenvalue weighted by atomic mass is 32.2. The van der Waals surface area contributed by atoms with E-state index in [-0.39, 0.29) is 36.2 Å². The van der Waals surface area contributed by atoms with E-state index in [0.29, 0.717) is 13.2 Å². The van der Waals surface area contributed by atoms with Crippen molar-refractivity contribution in [3.63, 3.8) is 0 Å². The Morgan fingerprint density at radius 1 is 1.08 bits per heavy atom. The number of nitrogens with one attached hydrogen (secondary N) is 2. The highest BCUT2D eigenvalue weighted by molar-refractivity contribution is 7.89. The van der Waals surface area contributed by atoms with Crippen molar-refractivity contribution in [3.8, 4) is 5.75 Å². The summed E-state index contributed by atoms with van der Waals surface area (Å²) in [6, 6.07) is 3.25. The normalized spacial score (nSPS) is 11.4. The number of sulfonamides is 1. The van der Waals surface area contributed by atoms with Crippen LogP contribution in [0.25, 0.3) is 0 Å². The van der Waals surface area contributed by atoms with Gasteiger partial charge < -0.3 is 19.5 Å². The summed E-state index contributed by atoms with van der Waals surface area (Å²) in [5.74, 6) is -0.0368. The maximum atomic E-state index is 12.4. The molecule has 0 aliphatic rings. The van der Waals surface area contributed by atoms with E-state index in [1.54, 1.807) is 19.2 Å². The van der Waals surface area contributed by atoms with Crippen molar-refractivity contribution in [1.82, 2.24) is 10.0 Å². The molecule has 25 heavy (non-hydrogen) atoms. The molecular weight excluding hydrogens is 348 g/mol. The largest absolute Gasteiger partial charge is 0.495 e. The fraction of sp³-hybridized carbons (Fsp3) is 0.562. The molecule has 0 aliphatic carbocycles. The smallest absolute Gasteiger partial charge is 0.246 e. The van der Waals surface area contributed by atoms with Crippen molar-refractivity contribution in [2.24, 2.45) is 0 Å². The third-order valence-corrected chi connectivity index (χ3v) is 4.96. The van der Waals surface area contributed by atoms with Crippen LogP contribution in [-0.4, -0.2) is 61.5 Å². The van der Waals surface area contributed by atoms with E-state index in [2.05, 4.69) is 10.0 Å². The minimum absolute atomic E-state index is 0.0578. The van der Waals surface area contributed by atoms with Crippen molar-refractivity contribution in [2.75, 3.05) is 47.1 Å². The van der Waals surface area contributed by atoms with Crippen LogP contribution in [0.5, 0.6) is 5.75 Å². The molecule has 0 aromatic heterocycles. The van der Waals surface area contributed by atoms with Gasteiger partial charge >= 0.3 is 0 Å². The second-order valence-corrected chi connectivity index (χ2v) is 7.12. The zero-order valence-corrected chi connectivity index (χ0v) is 15.9. The van der Waals surface area contributed by atoms with Crippen LogP contribution in [-0.2, 0) is 24.3 Å². The molecular formula is C16H26N2O6S. The van der Waals surface area contributed by atoms with Gasteiger partial charge in [-0.15, -0.1) is 0 Å². The van der Waals surface area contributed by atoms with E-state index in [0.717, 1.165) is 11.1 Å². The zero-order valence-electron chi connectivity index (χ0n) is 15.0. The highest BCUT2D eigenvalue weighted by Crippen LogP contribution is 2.26. The predicted octanol–water partition coefficient (Wildman–Crippen LogP) is 0.370. The molecule has 9 heteroatoms. The Hall–Kier alpha value is -1.68. The molecule has 0 atom stereocenters. The van der Waals surface area contributed by atoms with Gasteiger partial charge in [0.2, 0.25) is 15.9 Å². The average molecular weight is 374 g/mol. The Morgan fingerprint density at radius 3 is 2.40 bits per heavy atom. The molecule has 1 amide bonds. The first-order valence-corrected chi connectivity index (χ1v) is 9.28. The Kier molecular flexibility index (Phi) is 8.84. The molecule has 2 N–H and O–H groups in total. The standard InChI is InChI=1S/C16H26N2O6S/c1-12-9-14(23-4)15(10-13(12)2)25(20,21)18-6-5-17-16(19)11-24-8-7-22-3/h9-10,18H,5-8,11H2,1-4H3,(H,17,19). The fourth-order valence-electron chi connectivity index (χ4n) is 1.96. The van der Waals surface area contributed by atoms with Crippen molar-refractivity contribution in [2.45, 2.75) is 18.7 Å². The molecule has 142 valence electrons.